The third kappa shape index (κ3) is 4.07. The number of nitrogen functional groups attached to an aromatic ring is 1. The van der Waals surface area contributed by atoms with Crippen LogP contribution in [0.2, 0.25) is 0 Å². The van der Waals surface area contributed by atoms with Gasteiger partial charge in [-0.25, -0.2) is 0 Å². The quantitative estimate of drug-likeness (QED) is 0.739. The summed E-state index contributed by atoms with van der Waals surface area (Å²) in [5, 5.41) is 12.1. The van der Waals surface area contributed by atoms with Crippen LogP contribution in [0.25, 0.3) is 0 Å². The first-order valence-electron chi connectivity index (χ1n) is 6.94. The van der Waals surface area contributed by atoms with Gasteiger partial charge in [0.15, 0.2) is 0 Å². The van der Waals surface area contributed by atoms with E-state index in [9.17, 15) is 9.90 Å². The summed E-state index contributed by atoms with van der Waals surface area (Å²) in [5.41, 5.74) is 8.83. The van der Waals surface area contributed by atoms with Gasteiger partial charge in [0.2, 0.25) is 5.91 Å². The number of hydrogen-bond donors (Lipinski definition) is 3. The average molecular weight is 284 g/mol. The molecule has 0 heterocycles. The average Bonchev–Trinajstić information content (AvgIpc) is 2.48. The topological polar surface area (TPSA) is 75.3 Å². The minimum atomic E-state index is -0.0933. The standard InChI is InChI=1S/C17H20N2O2/c1-12(13-6-8-15(18)9-7-13)10-17(21)19-16-5-3-2-4-14(16)11-20/h2-9,12,20H,10-11,18H2,1H3,(H,19,21). The largest absolute Gasteiger partial charge is 0.399 e. The molecule has 2 aromatic rings. The van der Waals surface area contributed by atoms with Crippen molar-refractivity contribution in [3.63, 3.8) is 0 Å². The lowest BCUT2D eigenvalue weighted by molar-refractivity contribution is -0.116. The predicted octanol–water partition coefficient (Wildman–Crippen LogP) is 2.89. The van der Waals surface area contributed by atoms with E-state index in [1.165, 1.54) is 0 Å². The second kappa shape index (κ2) is 6.90. The number of nitrogens with two attached hydrogens (primary N) is 1. The summed E-state index contributed by atoms with van der Waals surface area (Å²) in [4.78, 5) is 12.1. The van der Waals surface area contributed by atoms with E-state index in [0.29, 0.717) is 23.4 Å². The summed E-state index contributed by atoms with van der Waals surface area (Å²) in [5.74, 6) is 0.0344. The Balaban J connectivity index is 1.99. The van der Waals surface area contributed by atoms with Crippen LogP contribution in [0.15, 0.2) is 48.5 Å². The summed E-state index contributed by atoms with van der Waals surface area (Å²) in [6.07, 6.45) is 0.379. The minimum absolute atomic E-state index is 0.0692. The van der Waals surface area contributed by atoms with Crippen molar-refractivity contribution in [2.75, 3.05) is 11.1 Å². The summed E-state index contributed by atoms with van der Waals surface area (Å²) in [6.45, 7) is 1.91. The number of benzene rings is 2. The first-order valence-corrected chi connectivity index (χ1v) is 6.94. The molecular weight excluding hydrogens is 264 g/mol. The predicted molar refractivity (Wildman–Crippen MR) is 84.9 cm³/mol. The normalized spacial score (nSPS) is 11.9. The van der Waals surface area contributed by atoms with Gasteiger partial charge in [-0.3, -0.25) is 4.79 Å². The zero-order chi connectivity index (χ0) is 15.2. The van der Waals surface area contributed by atoms with Gasteiger partial charge in [0, 0.05) is 23.4 Å². The first-order chi connectivity index (χ1) is 10.1. The van der Waals surface area contributed by atoms with Gasteiger partial charge in [-0.05, 0) is 29.7 Å². The van der Waals surface area contributed by atoms with Crippen molar-refractivity contribution in [1.29, 1.82) is 0 Å². The Hall–Kier alpha value is -2.33. The maximum atomic E-state index is 12.1. The van der Waals surface area contributed by atoms with Gasteiger partial charge in [0.25, 0.3) is 0 Å². The van der Waals surface area contributed by atoms with Crippen molar-refractivity contribution in [2.45, 2.75) is 25.9 Å². The second-order valence-electron chi connectivity index (χ2n) is 5.14. The number of hydrogen-bond acceptors (Lipinski definition) is 3. The number of para-hydroxylation sites is 1. The molecule has 0 aliphatic carbocycles. The van der Waals surface area contributed by atoms with Crippen molar-refractivity contribution in [3.8, 4) is 0 Å². The molecule has 0 fully saturated rings. The summed E-state index contributed by atoms with van der Waals surface area (Å²) in [6, 6.07) is 14.8. The fourth-order valence-electron chi connectivity index (χ4n) is 2.20. The Morgan fingerprint density at radius 2 is 1.86 bits per heavy atom. The lowest BCUT2D eigenvalue weighted by Gasteiger charge is -2.14. The van der Waals surface area contributed by atoms with Crippen LogP contribution in [-0.4, -0.2) is 11.0 Å². The number of carbonyl (C=O) groups is 1. The van der Waals surface area contributed by atoms with Crippen LogP contribution in [0.4, 0.5) is 11.4 Å². The molecule has 110 valence electrons. The highest BCUT2D eigenvalue weighted by Crippen LogP contribution is 2.22. The van der Waals surface area contributed by atoms with Crippen LogP contribution in [0.5, 0.6) is 0 Å². The van der Waals surface area contributed by atoms with Crippen molar-refractivity contribution in [1.82, 2.24) is 0 Å². The highest BCUT2D eigenvalue weighted by atomic mass is 16.3. The third-order valence-corrected chi connectivity index (χ3v) is 3.46. The van der Waals surface area contributed by atoms with Crippen molar-refractivity contribution in [3.05, 3.63) is 59.7 Å². The fourth-order valence-corrected chi connectivity index (χ4v) is 2.20. The molecule has 0 aromatic heterocycles. The Kier molecular flexibility index (Phi) is 4.95. The van der Waals surface area contributed by atoms with Crippen molar-refractivity contribution in [2.24, 2.45) is 0 Å². The number of nitrogens with one attached hydrogen (secondary N) is 1. The van der Waals surface area contributed by atoms with Crippen LogP contribution in [0.3, 0.4) is 0 Å². The van der Waals surface area contributed by atoms with E-state index in [4.69, 9.17) is 5.73 Å². The first kappa shape index (κ1) is 15.1. The van der Waals surface area contributed by atoms with Gasteiger partial charge in [-0.1, -0.05) is 37.3 Å². The SMILES string of the molecule is CC(CC(=O)Nc1ccccc1CO)c1ccc(N)cc1. The van der Waals surface area contributed by atoms with Crippen molar-refractivity contribution >= 4 is 17.3 Å². The van der Waals surface area contributed by atoms with E-state index in [2.05, 4.69) is 5.32 Å². The van der Waals surface area contributed by atoms with E-state index >= 15 is 0 Å². The molecule has 0 radical (unpaired) electrons. The van der Waals surface area contributed by atoms with Crippen molar-refractivity contribution < 1.29 is 9.90 Å². The fraction of sp³-hybridized carbons (Fsp3) is 0.235. The molecule has 1 atom stereocenters. The number of aliphatic hydroxyl groups excluding tert-OH is 1. The zero-order valence-corrected chi connectivity index (χ0v) is 12.0. The molecule has 4 heteroatoms. The van der Waals surface area contributed by atoms with E-state index in [0.717, 1.165) is 5.56 Å². The number of carbonyl (C=O) groups excluding carboxylic acids is 1. The molecule has 0 aliphatic rings. The molecule has 0 aliphatic heterocycles. The smallest absolute Gasteiger partial charge is 0.224 e. The van der Waals surface area contributed by atoms with Gasteiger partial charge >= 0.3 is 0 Å². The molecule has 1 unspecified atom stereocenters. The number of amides is 1. The molecule has 21 heavy (non-hydrogen) atoms. The summed E-state index contributed by atoms with van der Waals surface area (Å²) < 4.78 is 0. The van der Waals surface area contributed by atoms with E-state index in [1.54, 1.807) is 12.1 Å². The van der Waals surface area contributed by atoms with Gasteiger partial charge in [0.05, 0.1) is 6.61 Å². The Bertz CT molecular complexity index is 608. The molecule has 1 amide bonds. The Morgan fingerprint density at radius 1 is 1.19 bits per heavy atom. The Labute approximate surface area is 124 Å². The number of anilines is 2. The monoisotopic (exact) mass is 284 g/mol. The highest BCUT2D eigenvalue weighted by Gasteiger charge is 2.12. The Morgan fingerprint density at radius 3 is 2.52 bits per heavy atom. The van der Waals surface area contributed by atoms with Gasteiger partial charge in [-0.2, -0.15) is 0 Å². The van der Waals surface area contributed by atoms with Crippen LogP contribution in [-0.2, 0) is 11.4 Å². The lowest BCUT2D eigenvalue weighted by Crippen LogP contribution is -2.15. The lowest BCUT2D eigenvalue weighted by atomic mass is 9.97. The van der Waals surface area contributed by atoms with Crippen LogP contribution in [0, 0.1) is 0 Å². The molecular formula is C17H20N2O2. The zero-order valence-electron chi connectivity index (χ0n) is 12.0. The molecule has 2 aromatic carbocycles. The van der Waals surface area contributed by atoms with E-state index in [1.807, 2.05) is 43.3 Å². The van der Waals surface area contributed by atoms with Crippen LogP contribution in [0.1, 0.15) is 30.4 Å². The molecule has 0 bridgehead atoms. The summed E-state index contributed by atoms with van der Waals surface area (Å²) >= 11 is 0. The minimum Gasteiger partial charge on any atom is -0.399 e. The van der Waals surface area contributed by atoms with Crippen LogP contribution < -0.4 is 11.1 Å². The number of aliphatic hydroxyl groups is 1. The van der Waals surface area contributed by atoms with E-state index < -0.39 is 0 Å². The molecule has 0 saturated carbocycles. The van der Waals surface area contributed by atoms with Crippen LogP contribution >= 0.6 is 0 Å². The summed E-state index contributed by atoms with van der Waals surface area (Å²) in [7, 11) is 0. The van der Waals surface area contributed by atoms with E-state index in [-0.39, 0.29) is 18.4 Å². The van der Waals surface area contributed by atoms with Gasteiger partial charge < -0.3 is 16.2 Å². The molecule has 0 spiro atoms. The maximum Gasteiger partial charge on any atom is 0.224 e. The molecule has 4 nitrogen and oxygen atoms in total. The molecule has 4 N–H and O–H groups in total. The number of rotatable bonds is 5. The highest BCUT2D eigenvalue weighted by molar-refractivity contribution is 5.92. The third-order valence-electron chi connectivity index (χ3n) is 3.46. The second-order valence-corrected chi connectivity index (χ2v) is 5.14. The van der Waals surface area contributed by atoms with Gasteiger partial charge in [-0.15, -0.1) is 0 Å². The van der Waals surface area contributed by atoms with Gasteiger partial charge in [0.1, 0.15) is 0 Å². The molecule has 2 rings (SSSR count). The maximum absolute atomic E-state index is 12.1. The molecule has 0 saturated heterocycles.